The zero-order valence-electron chi connectivity index (χ0n) is 10.5. The van der Waals surface area contributed by atoms with Crippen LogP contribution in [0.5, 0.6) is 0 Å². The zero-order valence-corrected chi connectivity index (χ0v) is 10.5. The maximum Gasteiger partial charge on any atom is 0.139 e. The molecule has 0 saturated carbocycles. The predicted octanol–water partition coefficient (Wildman–Crippen LogP) is 3.41. The molecular weight excluding hydrogens is 198 g/mol. The highest BCUT2D eigenvalue weighted by molar-refractivity contribution is 5.84. The second kappa shape index (κ2) is 5.78. The van der Waals surface area contributed by atoms with Crippen molar-refractivity contribution < 1.29 is 4.79 Å². The monoisotopic (exact) mass is 219 g/mol. The molecule has 0 atom stereocenters. The predicted molar refractivity (Wildman–Crippen MR) is 66.3 cm³/mol. The van der Waals surface area contributed by atoms with Gasteiger partial charge in [0, 0.05) is 23.7 Å². The normalized spacial score (nSPS) is 11.4. The fourth-order valence-corrected chi connectivity index (χ4v) is 1.73. The van der Waals surface area contributed by atoms with Gasteiger partial charge in [0.2, 0.25) is 0 Å². The summed E-state index contributed by atoms with van der Waals surface area (Å²) in [5.74, 6) is 0.364. The van der Waals surface area contributed by atoms with Crippen molar-refractivity contribution in [3.8, 4) is 0 Å². The van der Waals surface area contributed by atoms with E-state index >= 15 is 0 Å². The van der Waals surface area contributed by atoms with Crippen molar-refractivity contribution in [1.29, 1.82) is 0 Å². The first-order chi connectivity index (χ1) is 7.62. The topological polar surface area (TPSA) is 30.0 Å². The molecule has 1 aromatic rings. The molecule has 2 heteroatoms. The van der Waals surface area contributed by atoms with Crippen LogP contribution in [-0.2, 0) is 11.2 Å². The Hall–Kier alpha value is -1.18. The molecule has 0 spiro atoms. The van der Waals surface area contributed by atoms with E-state index in [9.17, 15) is 4.79 Å². The third-order valence-electron chi connectivity index (χ3n) is 3.57. The maximum atomic E-state index is 12.1. The number of Topliss-reactive ketones (excluding diaryl/α,β-unsaturated/α-hetero) is 1. The third kappa shape index (κ3) is 3.16. The number of carbonyl (C=O) groups is 1. The minimum absolute atomic E-state index is 0.144. The van der Waals surface area contributed by atoms with E-state index in [4.69, 9.17) is 0 Å². The number of nitrogens with zero attached hydrogens (tertiary/aromatic N) is 1. The highest BCUT2D eigenvalue weighted by Gasteiger charge is 2.28. The van der Waals surface area contributed by atoms with Gasteiger partial charge in [-0.1, -0.05) is 26.8 Å². The summed E-state index contributed by atoms with van der Waals surface area (Å²) in [5, 5.41) is 0. The second-order valence-corrected chi connectivity index (χ2v) is 4.51. The summed E-state index contributed by atoms with van der Waals surface area (Å²) in [6, 6.07) is 5.84. The van der Waals surface area contributed by atoms with Gasteiger partial charge < -0.3 is 0 Å². The molecule has 88 valence electrons. The molecule has 1 heterocycles. The van der Waals surface area contributed by atoms with Gasteiger partial charge in [0.05, 0.1) is 0 Å². The van der Waals surface area contributed by atoms with Crippen LogP contribution in [0.2, 0.25) is 0 Å². The van der Waals surface area contributed by atoms with E-state index in [0.717, 1.165) is 25.0 Å². The van der Waals surface area contributed by atoms with Gasteiger partial charge in [-0.2, -0.15) is 0 Å². The Balaban J connectivity index is 2.53. The van der Waals surface area contributed by atoms with Gasteiger partial charge in [0.15, 0.2) is 0 Å². The Kier molecular flexibility index (Phi) is 4.66. The molecule has 0 saturated heterocycles. The first kappa shape index (κ1) is 12.9. The molecule has 0 aliphatic carbocycles. The number of hydrogen-bond donors (Lipinski definition) is 0. The average molecular weight is 219 g/mol. The third-order valence-corrected chi connectivity index (χ3v) is 3.57. The lowest BCUT2D eigenvalue weighted by Gasteiger charge is -2.24. The van der Waals surface area contributed by atoms with Crippen LogP contribution in [0.15, 0.2) is 24.4 Å². The van der Waals surface area contributed by atoms with E-state index in [-0.39, 0.29) is 5.41 Å². The van der Waals surface area contributed by atoms with Gasteiger partial charge in [-0.25, -0.2) is 0 Å². The summed E-state index contributed by atoms with van der Waals surface area (Å²) in [4.78, 5) is 16.3. The van der Waals surface area contributed by atoms with Crippen molar-refractivity contribution in [3.63, 3.8) is 0 Å². The SMILES string of the molecule is CCC(C)(CC)C(=O)CCc1ccccn1. The molecule has 1 rings (SSSR count). The number of carbonyl (C=O) groups excluding carboxylic acids is 1. The summed E-state index contributed by atoms with van der Waals surface area (Å²) in [5.41, 5.74) is 0.861. The fraction of sp³-hybridized carbons (Fsp3) is 0.571. The van der Waals surface area contributed by atoms with E-state index in [2.05, 4.69) is 25.8 Å². The van der Waals surface area contributed by atoms with Crippen LogP contribution in [0.3, 0.4) is 0 Å². The maximum absolute atomic E-state index is 12.1. The van der Waals surface area contributed by atoms with Crippen LogP contribution < -0.4 is 0 Å². The van der Waals surface area contributed by atoms with Crippen molar-refractivity contribution in [1.82, 2.24) is 4.98 Å². The van der Waals surface area contributed by atoms with E-state index in [1.807, 2.05) is 18.2 Å². The molecule has 1 aromatic heterocycles. The van der Waals surface area contributed by atoms with Gasteiger partial charge in [-0.15, -0.1) is 0 Å². The number of ketones is 1. The lowest BCUT2D eigenvalue weighted by molar-refractivity contribution is -0.128. The van der Waals surface area contributed by atoms with E-state index in [1.54, 1.807) is 6.20 Å². The van der Waals surface area contributed by atoms with Gasteiger partial charge in [-0.3, -0.25) is 9.78 Å². The smallest absolute Gasteiger partial charge is 0.139 e. The first-order valence-corrected chi connectivity index (χ1v) is 6.05. The number of pyridine rings is 1. The number of hydrogen-bond acceptors (Lipinski definition) is 2. The molecule has 16 heavy (non-hydrogen) atoms. The minimum atomic E-state index is -0.144. The lowest BCUT2D eigenvalue weighted by Crippen LogP contribution is -2.26. The number of rotatable bonds is 6. The summed E-state index contributed by atoms with van der Waals surface area (Å²) in [6.07, 6.45) is 4.98. The van der Waals surface area contributed by atoms with Crippen molar-refractivity contribution in [2.24, 2.45) is 5.41 Å². The average Bonchev–Trinajstić information content (AvgIpc) is 2.36. The van der Waals surface area contributed by atoms with Crippen LogP contribution in [0.4, 0.5) is 0 Å². The largest absolute Gasteiger partial charge is 0.299 e. The molecular formula is C14H21NO. The highest BCUT2D eigenvalue weighted by atomic mass is 16.1. The Labute approximate surface area is 98.1 Å². The Morgan fingerprint density at radius 3 is 2.50 bits per heavy atom. The fourth-order valence-electron chi connectivity index (χ4n) is 1.73. The molecule has 0 radical (unpaired) electrons. The summed E-state index contributed by atoms with van der Waals surface area (Å²) >= 11 is 0. The molecule has 0 aliphatic rings. The second-order valence-electron chi connectivity index (χ2n) is 4.51. The summed E-state index contributed by atoms with van der Waals surface area (Å²) in [6.45, 7) is 6.23. The van der Waals surface area contributed by atoms with E-state index in [1.165, 1.54) is 0 Å². The Morgan fingerprint density at radius 1 is 1.31 bits per heavy atom. The van der Waals surface area contributed by atoms with Crippen LogP contribution in [-0.4, -0.2) is 10.8 Å². The molecule has 0 aromatic carbocycles. The van der Waals surface area contributed by atoms with Gasteiger partial charge in [-0.05, 0) is 31.4 Å². The minimum Gasteiger partial charge on any atom is -0.299 e. The standard InChI is InChI=1S/C14H21NO/c1-4-14(3,5-2)13(16)10-9-12-8-6-7-11-15-12/h6-8,11H,4-5,9-10H2,1-3H3. The van der Waals surface area contributed by atoms with Crippen molar-refractivity contribution in [3.05, 3.63) is 30.1 Å². The Bertz CT molecular complexity index is 328. The highest BCUT2D eigenvalue weighted by Crippen LogP contribution is 2.28. The van der Waals surface area contributed by atoms with Crippen LogP contribution in [0.1, 0.15) is 45.7 Å². The molecule has 2 nitrogen and oxygen atoms in total. The van der Waals surface area contributed by atoms with Crippen LogP contribution >= 0.6 is 0 Å². The number of aromatic nitrogens is 1. The van der Waals surface area contributed by atoms with Gasteiger partial charge >= 0.3 is 0 Å². The van der Waals surface area contributed by atoms with Crippen molar-refractivity contribution in [2.75, 3.05) is 0 Å². The van der Waals surface area contributed by atoms with Crippen molar-refractivity contribution >= 4 is 5.78 Å². The molecule has 0 fully saturated rings. The molecule has 0 N–H and O–H groups in total. The first-order valence-electron chi connectivity index (χ1n) is 6.05. The van der Waals surface area contributed by atoms with Gasteiger partial charge in [0.25, 0.3) is 0 Å². The van der Waals surface area contributed by atoms with Crippen molar-refractivity contribution in [2.45, 2.75) is 46.5 Å². The Morgan fingerprint density at radius 2 is 2.00 bits per heavy atom. The molecule has 0 unspecified atom stereocenters. The molecule has 0 bridgehead atoms. The zero-order chi connectivity index (χ0) is 12.0. The quantitative estimate of drug-likeness (QED) is 0.734. The lowest BCUT2D eigenvalue weighted by atomic mass is 9.78. The van der Waals surface area contributed by atoms with Crippen LogP contribution in [0.25, 0.3) is 0 Å². The van der Waals surface area contributed by atoms with E-state index in [0.29, 0.717) is 12.2 Å². The molecule has 0 amide bonds. The summed E-state index contributed by atoms with van der Waals surface area (Å²) in [7, 11) is 0. The van der Waals surface area contributed by atoms with E-state index < -0.39 is 0 Å². The van der Waals surface area contributed by atoms with Gasteiger partial charge in [0.1, 0.15) is 5.78 Å². The molecule has 0 aliphatic heterocycles. The number of aryl methyl sites for hydroxylation is 1. The summed E-state index contributed by atoms with van der Waals surface area (Å²) < 4.78 is 0. The van der Waals surface area contributed by atoms with Crippen LogP contribution in [0, 0.1) is 5.41 Å².